The molecule has 0 aliphatic heterocycles. The molecule has 0 aromatic heterocycles. The first-order valence-electron chi connectivity index (χ1n) is 3.73. The molecule has 0 rings (SSSR count). The van der Waals surface area contributed by atoms with Gasteiger partial charge in [-0.2, -0.15) is 11.8 Å². The van der Waals surface area contributed by atoms with Crippen molar-refractivity contribution in [1.82, 2.24) is 0 Å². The minimum Gasteiger partial charge on any atom is -0.480 e. The van der Waals surface area contributed by atoms with Gasteiger partial charge in [-0.05, 0) is 12.2 Å². The van der Waals surface area contributed by atoms with E-state index in [4.69, 9.17) is 15.6 Å². The van der Waals surface area contributed by atoms with Crippen LogP contribution in [0.15, 0.2) is 0 Å². The molecule has 4 nitrogen and oxygen atoms in total. The lowest BCUT2D eigenvalue weighted by Gasteiger charge is -2.04. The van der Waals surface area contributed by atoms with Crippen LogP contribution in [0.4, 0.5) is 0 Å². The van der Waals surface area contributed by atoms with Gasteiger partial charge in [-0.15, -0.1) is 0 Å². The first-order valence-corrected chi connectivity index (χ1v) is 4.89. The molecule has 0 heterocycles. The number of rotatable bonds is 7. The minimum atomic E-state index is -0.936. The zero-order chi connectivity index (χ0) is 9.40. The Hall–Kier alpha value is -0.260. The van der Waals surface area contributed by atoms with Crippen LogP contribution in [0.25, 0.3) is 0 Å². The number of carbonyl (C=O) groups is 1. The predicted molar refractivity (Wildman–Crippen MR) is 49.4 cm³/mol. The zero-order valence-corrected chi connectivity index (χ0v) is 7.97. The maximum Gasteiger partial charge on any atom is 0.321 e. The number of nitrogens with two attached hydrogens (primary N) is 1. The summed E-state index contributed by atoms with van der Waals surface area (Å²) in [4.78, 5) is 10.3. The first-order chi connectivity index (χ1) is 5.68. The predicted octanol–water partition coefficient (Wildman–Crippen LogP) is 0.168. The van der Waals surface area contributed by atoms with E-state index in [1.54, 1.807) is 18.9 Å². The molecule has 5 heteroatoms. The fourth-order valence-corrected chi connectivity index (χ4v) is 1.47. The number of carboxylic acid groups (broad SMARTS) is 1. The standard InChI is InChI=1S/C7H15NO3S/c1-11-3-2-4-12-5-6(8)7(9)10/h6H,2-5,8H2,1H3,(H,9,10)/t6-/m0/s1. The van der Waals surface area contributed by atoms with Crippen molar-refractivity contribution in [2.45, 2.75) is 12.5 Å². The monoisotopic (exact) mass is 193 g/mol. The highest BCUT2D eigenvalue weighted by molar-refractivity contribution is 7.99. The summed E-state index contributed by atoms with van der Waals surface area (Å²) in [5, 5.41) is 8.42. The molecule has 1 atom stereocenters. The van der Waals surface area contributed by atoms with Crippen LogP contribution in [0, 0.1) is 0 Å². The van der Waals surface area contributed by atoms with E-state index in [1.807, 2.05) is 0 Å². The number of hydrogen-bond donors (Lipinski definition) is 2. The Morgan fingerprint density at radius 2 is 2.42 bits per heavy atom. The zero-order valence-electron chi connectivity index (χ0n) is 7.16. The Kier molecular flexibility index (Phi) is 7.23. The van der Waals surface area contributed by atoms with Crippen molar-refractivity contribution in [3.63, 3.8) is 0 Å². The summed E-state index contributed by atoms with van der Waals surface area (Å²) in [6.45, 7) is 0.718. The van der Waals surface area contributed by atoms with Gasteiger partial charge in [0.2, 0.25) is 0 Å². The number of methoxy groups -OCH3 is 1. The Bertz CT molecular complexity index is 132. The van der Waals surface area contributed by atoms with Crippen molar-refractivity contribution in [3.8, 4) is 0 Å². The molecule has 0 aliphatic rings. The molecule has 0 bridgehead atoms. The van der Waals surface area contributed by atoms with E-state index < -0.39 is 12.0 Å². The van der Waals surface area contributed by atoms with Crippen LogP contribution >= 0.6 is 11.8 Å². The molecule has 0 saturated heterocycles. The van der Waals surface area contributed by atoms with E-state index in [2.05, 4.69) is 0 Å². The number of carboxylic acids is 1. The lowest BCUT2D eigenvalue weighted by atomic mass is 10.4. The van der Waals surface area contributed by atoms with E-state index in [0.29, 0.717) is 5.75 Å². The molecule has 0 aromatic carbocycles. The van der Waals surface area contributed by atoms with Crippen molar-refractivity contribution >= 4 is 17.7 Å². The van der Waals surface area contributed by atoms with Crippen LogP contribution in [-0.4, -0.2) is 42.3 Å². The Morgan fingerprint density at radius 3 is 2.92 bits per heavy atom. The molecule has 0 spiro atoms. The molecule has 3 N–H and O–H groups in total. The summed E-state index contributed by atoms with van der Waals surface area (Å²) in [7, 11) is 1.65. The fraction of sp³-hybridized carbons (Fsp3) is 0.857. The summed E-state index contributed by atoms with van der Waals surface area (Å²) in [6.07, 6.45) is 0.938. The van der Waals surface area contributed by atoms with Crippen LogP contribution in [0.2, 0.25) is 0 Å². The van der Waals surface area contributed by atoms with Gasteiger partial charge in [0.25, 0.3) is 0 Å². The fourth-order valence-electron chi connectivity index (χ4n) is 0.587. The van der Waals surface area contributed by atoms with Gasteiger partial charge < -0.3 is 15.6 Å². The number of aliphatic carboxylic acids is 1. The molecule has 0 unspecified atom stereocenters. The van der Waals surface area contributed by atoms with Gasteiger partial charge in [-0.25, -0.2) is 0 Å². The largest absolute Gasteiger partial charge is 0.480 e. The van der Waals surface area contributed by atoms with E-state index >= 15 is 0 Å². The molecule has 72 valence electrons. The van der Waals surface area contributed by atoms with Crippen LogP contribution < -0.4 is 5.73 Å². The molecule has 12 heavy (non-hydrogen) atoms. The van der Waals surface area contributed by atoms with Crippen LogP contribution in [0.1, 0.15) is 6.42 Å². The third-order valence-corrected chi connectivity index (χ3v) is 2.42. The van der Waals surface area contributed by atoms with Crippen molar-refractivity contribution in [3.05, 3.63) is 0 Å². The second kappa shape index (κ2) is 7.39. The third-order valence-electron chi connectivity index (χ3n) is 1.25. The van der Waals surface area contributed by atoms with Gasteiger partial charge in [-0.1, -0.05) is 0 Å². The maximum absolute atomic E-state index is 10.3. The number of thioether (sulfide) groups is 1. The van der Waals surface area contributed by atoms with Crippen molar-refractivity contribution < 1.29 is 14.6 Å². The Labute approximate surface area is 76.5 Å². The molecule has 0 aliphatic carbocycles. The van der Waals surface area contributed by atoms with Gasteiger partial charge in [0, 0.05) is 19.5 Å². The molecular formula is C7H15NO3S. The smallest absolute Gasteiger partial charge is 0.321 e. The Balaban J connectivity index is 3.14. The highest BCUT2D eigenvalue weighted by Crippen LogP contribution is 2.03. The molecule has 0 aromatic rings. The summed E-state index contributed by atoms with van der Waals surface area (Å²) < 4.78 is 4.84. The first kappa shape index (κ1) is 11.7. The van der Waals surface area contributed by atoms with Gasteiger partial charge in [-0.3, -0.25) is 4.79 Å². The summed E-state index contributed by atoms with van der Waals surface area (Å²) in [5.74, 6) is 0.433. The Morgan fingerprint density at radius 1 is 1.75 bits per heavy atom. The quantitative estimate of drug-likeness (QED) is 0.564. The highest BCUT2D eigenvalue weighted by atomic mass is 32.2. The van der Waals surface area contributed by atoms with Gasteiger partial charge >= 0.3 is 5.97 Å². The molecule has 0 saturated carbocycles. The lowest BCUT2D eigenvalue weighted by molar-refractivity contribution is -0.137. The van der Waals surface area contributed by atoms with Crippen LogP contribution in [0.5, 0.6) is 0 Å². The second-order valence-corrected chi connectivity index (χ2v) is 3.52. The minimum absolute atomic E-state index is 0.471. The van der Waals surface area contributed by atoms with E-state index in [0.717, 1.165) is 18.8 Å². The molecular weight excluding hydrogens is 178 g/mol. The highest BCUT2D eigenvalue weighted by Gasteiger charge is 2.09. The van der Waals surface area contributed by atoms with Crippen LogP contribution in [0.3, 0.4) is 0 Å². The molecule has 0 radical (unpaired) electrons. The topological polar surface area (TPSA) is 72.5 Å². The van der Waals surface area contributed by atoms with Crippen molar-refractivity contribution in [1.29, 1.82) is 0 Å². The van der Waals surface area contributed by atoms with Gasteiger partial charge in [0.15, 0.2) is 0 Å². The summed E-state index contributed by atoms with van der Waals surface area (Å²) in [6, 6.07) is -0.738. The molecule has 0 fully saturated rings. The van der Waals surface area contributed by atoms with E-state index in [1.165, 1.54) is 0 Å². The van der Waals surface area contributed by atoms with Crippen LogP contribution in [-0.2, 0) is 9.53 Å². The van der Waals surface area contributed by atoms with Gasteiger partial charge in [0.05, 0.1) is 0 Å². The normalized spacial score (nSPS) is 12.8. The third kappa shape index (κ3) is 6.45. The van der Waals surface area contributed by atoms with Crippen molar-refractivity contribution in [2.24, 2.45) is 5.73 Å². The van der Waals surface area contributed by atoms with E-state index in [-0.39, 0.29) is 0 Å². The maximum atomic E-state index is 10.3. The molecule has 0 amide bonds. The van der Waals surface area contributed by atoms with Crippen molar-refractivity contribution in [2.75, 3.05) is 25.2 Å². The van der Waals surface area contributed by atoms with E-state index in [9.17, 15) is 4.79 Å². The number of hydrogen-bond acceptors (Lipinski definition) is 4. The lowest BCUT2D eigenvalue weighted by Crippen LogP contribution is -2.32. The van der Waals surface area contributed by atoms with Gasteiger partial charge in [0.1, 0.15) is 6.04 Å². The average molecular weight is 193 g/mol. The average Bonchev–Trinajstić information content (AvgIpc) is 2.03. The SMILES string of the molecule is COCCCSC[C@H](N)C(=O)O. The number of ether oxygens (including phenoxy) is 1. The summed E-state index contributed by atoms with van der Waals surface area (Å²) >= 11 is 1.54. The second-order valence-electron chi connectivity index (χ2n) is 2.37. The summed E-state index contributed by atoms with van der Waals surface area (Å²) in [5.41, 5.74) is 5.28.